The number of esters is 1. The molecule has 0 saturated heterocycles. The summed E-state index contributed by atoms with van der Waals surface area (Å²) in [5, 5.41) is 13.4. The van der Waals surface area contributed by atoms with Crippen molar-refractivity contribution >= 4 is 11.9 Å². The Morgan fingerprint density at radius 3 is 2.41 bits per heavy atom. The highest BCUT2D eigenvalue weighted by Crippen LogP contribution is 2.20. The first-order valence-corrected chi connectivity index (χ1v) is 6.89. The van der Waals surface area contributed by atoms with Crippen LogP contribution in [0.15, 0.2) is 24.3 Å². The van der Waals surface area contributed by atoms with Crippen molar-refractivity contribution in [3.05, 3.63) is 46.8 Å². The van der Waals surface area contributed by atoms with Gasteiger partial charge in [-0.15, -0.1) is 0 Å². The number of rotatable bonds is 5. The maximum absolute atomic E-state index is 11.3. The topological polar surface area (TPSA) is 81.4 Å². The number of aryl methyl sites for hydroxylation is 1. The molecule has 0 aliphatic rings. The lowest BCUT2D eigenvalue weighted by Crippen LogP contribution is -2.04. The smallest absolute Gasteiger partial charge is 0.335 e. The number of carboxylic acids is 1. The highest BCUT2D eigenvalue weighted by molar-refractivity contribution is 5.87. The summed E-state index contributed by atoms with van der Waals surface area (Å²) in [5.41, 5.74) is 3.81. The van der Waals surface area contributed by atoms with Crippen LogP contribution in [0.25, 0.3) is 5.69 Å². The first kappa shape index (κ1) is 15.8. The first-order chi connectivity index (χ1) is 10.4. The van der Waals surface area contributed by atoms with Gasteiger partial charge in [-0.3, -0.25) is 4.79 Å². The van der Waals surface area contributed by atoms with E-state index in [4.69, 9.17) is 5.11 Å². The second-order valence-electron chi connectivity index (χ2n) is 4.99. The van der Waals surface area contributed by atoms with Gasteiger partial charge < -0.3 is 9.84 Å². The predicted molar refractivity (Wildman–Crippen MR) is 80.3 cm³/mol. The molecular formula is C16H18N2O4. The molecule has 0 spiro atoms. The molecular weight excluding hydrogens is 284 g/mol. The van der Waals surface area contributed by atoms with E-state index >= 15 is 0 Å². The monoisotopic (exact) mass is 302 g/mol. The number of carbonyl (C=O) groups is 2. The van der Waals surface area contributed by atoms with Crippen molar-refractivity contribution in [2.75, 3.05) is 7.11 Å². The molecule has 0 unspecified atom stereocenters. The predicted octanol–water partition coefficient (Wildman–Crippen LogP) is 2.29. The van der Waals surface area contributed by atoms with Crippen LogP contribution in [-0.2, 0) is 16.0 Å². The van der Waals surface area contributed by atoms with Gasteiger partial charge >= 0.3 is 11.9 Å². The Hall–Kier alpha value is -2.63. The molecule has 0 radical (unpaired) electrons. The van der Waals surface area contributed by atoms with Gasteiger partial charge in [-0.2, -0.15) is 5.10 Å². The van der Waals surface area contributed by atoms with Crippen molar-refractivity contribution in [3.63, 3.8) is 0 Å². The van der Waals surface area contributed by atoms with Crippen LogP contribution in [0, 0.1) is 13.8 Å². The van der Waals surface area contributed by atoms with Crippen LogP contribution in [0.4, 0.5) is 0 Å². The van der Waals surface area contributed by atoms with Crippen molar-refractivity contribution in [1.82, 2.24) is 9.78 Å². The lowest BCUT2D eigenvalue weighted by atomic mass is 10.1. The Balaban J connectivity index is 2.29. The molecule has 1 aromatic carbocycles. The summed E-state index contributed by atoms with van der Waals surface area (Å²) < 4.78 is 6.41. The van der Waals surface area contributed by atoms with Crippen molar-refractivity contribution < 1.29 is 19.4 Å². The summed E-state index contributed by atoms with van der Waals surface area (Å²) in [6.45, 7) is 3.82. The molecule has 0 atom stereocenters. The summed E-state index contributed by atoms with van der Waals surface area (Å²) in [4.78, 5) is 22.2. The molecule has 116 valence electrons. The lowest BCUT2D eigenvalue weighted by Gasteiger charge is -2.06. The van der Waals surface area contributed by atoms with Crippen LogP contribution in [-0.4, -0.2) is 33.9 Å². The van der Waals surface area contributed by atoms with Gasteiger partial charge in [0, 0.05) is 12.1 Å². The summed E-state index contributed by atoms with van der Waals surface area (Å²) in [7, 11) is 1.37. The van der Waals surface area contributed by atoms with Gasteiger partial charge in [0.25, 0.3) is 0 Å². The van der Waals surface area contributed by atoms with E-state index in [1.165, 1.54) is 7.11 Å². The molecule has 0 aliphatic heterocycles. The van der Waals surface area contributed by atoms with Crippen LogP contribution in [0.1, 0.15) is 33.7 Å². The van der Waals surface area contributed by atoms with E-state index in [0.29, 0.717) is 12.8 Å². The van der Waals surface area contributed by atoms with Crippen molar-refractivity contribution in [1.29, 1.82) is 0 Å². The molecule has 1 aromatic heterocycles. The number of aromatic nitrogens is 2. The molecule has 6 heteroatoms. The summed E-state index contributed by atoms with van der Waals surface area (Å²) >= 11 is 0. The maximum atomic E-state index is 11.3. The van der Waals surface area contributed by atoms with Gasteiger partial charge in [0.15, 0.2) is 0 Å². The third-order valence-electron chi connectivity index (χ3n) is 3.61. The van der Waals surface area contributed by atoms with Gasteiger partial charge in [-0.1, -0.05) is 0 Å². The number of hydrogen-bond donors (Lipinski definition) is 1. The minimum Gasteiger partial charge on any atom is -0.478 e. The Morgan fingerprint density at radius 2 is 1.86 bits per heavy atom. The Kier molecular flexibility index (Phi) is 4.60. The minimum atomic E-state index is -0.960. The molecule has 1 N–H and O–H groups in total. The number of aromatic carboxylic acids is 1. The molecule has 0 fully saturated rings. The second kappa shape index (κ2) is 6.43. The number of carbonyl (C=O) groups excluding carboxylic acids is 1. The normalized spacial score (nSPS) is 10.5. The largest absolute Gasteiger partial charge is 0.478 e. The Bertz CT molecular complexity index is 702. The van der Waals surface area contributed by atoms with Crippen molar-refractivity contribution in [2.24, 2.45) is 0 Å². The molecule has 6 nitrogen and oxygen atoms in total. The number of ether oxygens (including phenoxy) is 1. The molecule has 1 heterocycles. The first-order valence-electron chi connectivity index (χ1n) is 6.89. The fraction of sp³-hybridized carbons (Fsp3) is 0.312. The van der Waals surface area contributed by atoms with E-state index in [-0.39, 0.29) is 11.5 Å². The molecule has 0 aliphatic carbocycles. The fourth-order valence-corrected chi connectivity index (χ4v) is 2.36. The number of methoxy groups -OCH3 is 1. The zero-order valence-corrected chi connectivity index (χ0v) is 12.8. The van der Waals surface area contributed by atoms with Crippen molar-refractivity contribution in [3.8, 4) is 5.69 Å². The Morgan fingerprint density at radius 1 is 1.23 bits per heavy atom. The molecule has 2 aromatic rings. The van der Waals surface area contributed by atoms with Crippen LogP contribution in [0.2, 0.25) is 0 Å². The second-order valence-corrected chi connectivity index (χ2v) is 4.99. The van der Waals surface area contributed by atoms with Crippen LogP contribution < -0.4 is 0 Å². The van der Waals surface area contributed by atoms with Gasteiger partial charge in [0.2, 0.25) is 0 Å². The third kappa shape index (κ3) is 3.16. The van der Waals surface area contributed by atoms with Gasteiger partial charge in [0.05, 0.1) is 24.1 Å². The highest BCUT2D eigenvalue weighted by atomic mass is 16.5. The van der Waals surface area contributed by atoms with Crippen LogP contribution in [0.3, 0.4) is 0 Å². The molecule has 22 heavy (non-hydrogen) atoms. The highest BCUT2D eigenvalue weighted by Gasteiger charge is 2.14. The van der Waals surface area contributed by atoms with Gasteiger partial charge in [0.1, 0.15) is 0 Å². The van der Waals surface area contributed by atoms with Gasteiger partial charge in [-0.05, 0) is 50.1 Å². The lowest BCUT2D eigenvalue weighted by molar-refractivity contribution is -0.140. The van der Waals surface area contributed by atoms with E-state index in [0.717, 1.165) is 22.6 Å². The van der Waals surface area contributed by atoms with Gasteiger partial charge in [-0.25, -0.2) is 9.48 Å². The number of carboxylic acid groups (broad SMARTS) is 1. The zero-order chi connectivity index (χ0) is 16.3. The fourth-order valence-electron chi connectivity index (χ4n) is 2.36. The molecule has 2 rings (SSSR count). The number of nitrogens with zero attached hydrogens (tertiary/aromatic N) is 2. The van der Waals surface area contributed by atoms with E-state index in [1.54, 1.807) is 28.9 Å². The maximum Gasteiger partial charge on any atom is 0.335 e. The van der Waals surface area contributed by atoms with Crippen LogP contribution in [0.5, 0.6) is 0 Å². The van der Waals surface area contributed by atoms with E-state index in [9.17, 15) is 9.59 Å². The SMILES string of the molecule is COC(=O)CCc1c(C)nn(-c2ccc(C(=O)O)cc2)c1C. The van der Waals surface area contributed by atoms with E-state index in [1.807, 2.05) is 13.8 Å². The average molecular weight is 302 g/mol. The molecule has 0 amide bonds. The number of benzene rings is 1. The summed E-state index contributed by atoms with van der Waals surface area (Å²) in [5.74, 6) is -1.21. The standard InChI is InChI=1S/C16H18N2O4/c1-10-14(8-9-15(19)22-3)11(2)18(17-10)13-6-4-12(5-7-13)16(20)21/h4-7H,8-9H2,1-3H3,(H,20,21). The minimum absolute atomic E-state index is 0.233. The Labute approximate surface area is 128 Å². The molecule has 0 bridgehead atoms. The summed E-state index contributed by atoms with van der Waals surface area (Å²) in [6, 6.07) is 6.52. The van der Waals surface area contributed by atoms with Crippen molar-refractivity contribution in [2.45, 2.75) is 26.7 Å². The third-order valence-corrected chi connectivity index (χ3v) is 3.61. The zero-order valence-electron chi connectivity index (χ0n) is 12.8. The quantitative estimate of drug-likeness (QED) is 0.857. The van der Waals surface area contributed by atoms with Crippen LogP contribution >= 0.6 is 0 Å². The number of hydrogen-bond acceptors (Lipinski definition) is 4. The van der Waals surface area contributed by atoms with E-state index < -0.39 is 5.97 Å². The summed E-state index contributed by atoms with van der Waals surface area (Å²) in [6.07, 6.45) is 0.874. The van der Waals surface area contributed by atoms with E-state index in [2.05, 4.69) is 9.84 Å². The average Bonchev–Trinajstić information content (AvgIpc) is 2.79. The molecule has 0 saturated carbocycles.